The molecule has 0 rings (SSSR count). The molecule has 9 heteroatoms. The first-order valence-electron chi connectivity index (χ1n) is 35.3. The van der Waals surface area contributed by atoms with Crippen molar-refractivity contribution < 1.29 is 42.9 Å². The van der Waals surface area contributed by atoms with Crippen LogP contribution in [0.5, 0.6) is 0 Å². The summed E-state index contributed by atoms with van der Waals surface area (Å²) in [5, 5.41) is 9.75. The van der Waals surface area contributed by atoms with Crippen molar-refractivity contribution in [2.75, 3.05) is 47.5 Å². The number of carboxylic acids is 1. The molecule has 0 spiro atoms. The largest absolute Gasteiger partial charge is 0.477 e. The lowest BCUT2D eigenvalue weighted by molar-refractivity contribution is -0.870. The van der Waals surface area contributed by atoms with E-state index < -0.39 is 24.3 Å². The van der Waals surface area contributed by atoms with E-state index in [1.807, 2.05) is 21.1 Å². The number of carbonyl (C=O) groups is 3. The lowest BCUT2D eigenvalue weighted by Crippen LogP contribution is -2.40. The summed E-state index contributed by atoms with van der Waals surface area (Å²) in [6, 6.07) is 0. The van der Waals surface area contributed by atoms with E-state index >= 15 is 0 Å². The van der Waals surface area contributed by atoms with Crippen molar-refractivity contribution in [3.63, 3.8) is 0 Å². The van der Waals surface area contributed by atoms with E-state index in [2.05, 4.69) is 148 Å². The van der Waals surface area contributed by atoms with Gasteiger partial charge in [0.1, 0.15) is 13.2 Å². The van der Waals surface area contributed by atoms with Crippen molar-refractivity contribution in [2.24, 2.45) is 0 Å². The van der Waals surface area contributed by atoms with Crippen molar-refractivity contribution in [3.05, 3.63) is 134 Å². The molecule has 0 fully saturated rings. The average molecular weight is 1210 g/mol. The summed E-state index contributed by atoms with van der Waals surface area (Å²) in [6.07, 6.45) is 94.1. The molecule has 0 saturated heterocycles. The maximum Gasteiger partial charge on any atom is 0.361 e. The van der Waals surface area contributed by atoms with Gasteiger partial charge in [0.15, 0.2) is 6.10 Å². The number of carbonyl (C=O) groups excluding carboxylic acids is 2. The number of aliphatic carboxylic acids is 1. The van der Waals surface area contributed by atoms with Crippen LogP contribution in [0.2, 0.25) is 0 Å². The van der Waals surface area contributed by atoms with E-state index in [0.29, 0.717) is 23.9 Å². The average Bonchev–Trinajstić information content (AvgIpc) is 3.57. The highest BCUT2D eigenvalue weighted by atomic mass is 16.7. The number of hydrogen-bond donors (Lipinski definition) is 1. The van der Waals surface area contributed by atoms with Gasteiger partial charge in [-0.1, -0.05) is 289 Å². The van der Waals surface area contributed by atoms with Gasteiger partial charge in [0.25, 0.3) is 6.29 Å². The van der Waals surface area contributed by atoms with Gasteiger partial charge in [0, 0.05) is 12.8 Å². The third-order valence-corrected chi connectivity index (χ3v) is 14.9. The van der Waals surface area contributed by atoms with E-state index in [0.717, 1.165) is 122 Å². The fraction of sp³-hybridized carbons (Fsp3) is 0.679. The molecule has 0 amide bonds. The van der Waals surface area contributed by atoms with Gasteiger partial charge < -0.3 is 28.5 Å². The van der Waals surface area contributed by atoms with E-state index in [1.165, 1.54) is 128 Å². The second-order valence-corrected chi connectivity index (χ2v) is 24.5. The highest BCUT2D eigenvalue weighted by Gasteiger charge is 2.25. The first-order chi connectivity index (χ1) is 42.6. The second kappa shape index (κ2) is 67.4. The highest BCUT2D eigenvalue weighted by Crippen LogP contribution is 2.16. The van der Waals surface area contributed by atoms with Gasteiger partial charge in [-0.15, -0.1) is 0 Å². The Bertz CT molecular complexity index is 1890. The molecule has 0 bridgehead atoms. The number of hydrogen-bond acceptors (Lipinski definition) is 7. The molecule has 87 heavy (non-hydrogen) atoms. The molecule has 1 N–H and O–H groups in total. The fourth-order valence-electron chi connectivity index (χ4n) is 9.51. The number of likely N-dealkylation sites (N-methyl/N-ethyl adjacent to an activating group) is 1. The molecule has 0 aliphatic rings. The number of ether oxygens (including phenoxy) is 4. The van der Waals surface area contributed by atoms with Crippen LogP contribution in [-0.4, -0.2) is 87.4 Å². The number of nitrogens with zero attached hydrogens (tertiary/aromatic N) is 1. The number of quaternary nitrogens is 1. The number of allylic oxidation sites excluding steroid dienone is 22. The van der Waals surface area contributed by atoms with Crippen molar-refractivity contribution >= 4 is 17.9 Å². The Labute approximate surface area is 535 Å². The smallest absolute Gasteiger partial charge is 0.361 e. The molecular weight excluding hydrogens is 1080 g/mol. The van der Waals surface area contributed by atoms with Crippen molar-refractivity contribution in [3.8, 4) is 0 Å². The Hall–Kier alpha value is -4.57. The Morgan fingerprint density at radius 3 is 0.989 bits per heavy atom. The molecule has 0 heterocycles. The maximum atomic E-state index is 12.9. The van der Waals surface area contributed by atoms with Gasteiger partial charge >= 0.3 is 17.9 Å². The van der Waals surface area contributed by atoms with E-state index in [-0.39, 0.29) is 32.2 Å². The van der Waals surface area contributed by atoms with Crippen LogP contribution in [0.25, 0.3) is 0 Å². The van der Waals surface area contributed by atoms with Crippen LogP contribution in [-0.2, 0) is 33.3 Å². The Morgan fingerprint density at radius 1 is 0.356 bits per heavy atom. The summed E-state index contributed by atoms with van der Waals surface area (Å²) in [5.41, 5.74) is 0. The molecule has 0 radical (unpaired) electrons. The molecule has 0 aliphatic carbocycles. The van der Waals surface area contributed by atoms with Crippen molar-refractivity contribution in [2.45, 2.75) is 296 Å². The van der Waals surface area contributed by atoms with Crippen LogP contribution >= 0.6 is 0 Å². The third kappa shape index (κ3) is 68.8. The fourth-order valence-corrected chi connectivity index (χ4v) is 9.51. The summed E-state index contributed by atoms with van der Waals surface area (Å²) in [6.45, 7) is 4.76. The molecule has 2 atom stereocenters. The highest BCUT2D eigenvalue weighted by molar-refractivity contribution is 5.71. The van der Waals surface area contributed by atoms with Crippen LogP contribution in [0.15, 0.2) is 134 Å². The summed E-state index contributed by atoms with van der Waals surface area (Å²) < 4.78 is 23.0. The zero-order valence-electron chi connectivity index (χ0n) is 56.6. The minimum Gasteiger partial charge on any atom is -0.477 e. The summed E-state index contributed by atoms with van der Waals surface area (Å²) in [7, 11) is 5.97. The Kier molecular flexibility index (Phi) is 63.8. The van der Waals surface area contributed by atoms with Gasteiger partial charge in [-0.2, -0.15) is 0 Å². The lowest BCUT2D eigenvalue weighted by Gasteiger charge is -2.25. The molecule has 0 aromatic carbocycles. The standard InChI is InChI=1S/C78H131NO8/c1-6-8-10-12-14-16-18-20-22-24-26-28-30-32-33-34-35-36-37-38-39-40-41-42-43-45-47-49-51-53-55-57-59-61-63-65-67-69-76(81)87-74(73-86-78(77(82)83)84-71-70-79(3,4)5)72-85-75(80)68-66-64-62-60-58-56-54-52-50-48-46-44-31-29-27-25-23-21-19-17-15-13-11-9-7-2/h8,10,14,16,20,22,25-28,32-33,35-36,38-39,41-42,45,47,51,53,74,78H,6-7,9,11-13,15,17-19,21,23-24,29-31,34,37,40,43-44,46,48-50,52,54-73H2,1-5H3/p+1/b10-8-,16-14-,22-20-,27-25-,28-26-,33-32-,36-35-,39-38-,42-41-,47-45-,53-51-. The molecule has 0 aliphatic heterocycles. The monoisotopic (exact) mass is 1210 g/mol. The Morgan fingerprint density at radius 2 is 0.655 bits per heavy atom. The molecule has 496 valence electrons. The molecule has 0 saturated carbocycles. The number of rotatable bonds is 64. The third-order valence-electron chi connectivity index (χ3n) is 14.9. The predicted octanol–water partition coefficient (Wildman–Crippen LogP) is 22.1. The van der Waals surface area contributed by atoms with E-state index in [9.17, 15) is 19.5 Å². The predicted molar refractivity (Wildman–Crippen MR) is 373 cm³/mol. The SMILES string of the molecule is CC/C=C\C/C=C\C/C=C\C/C=C\C/C=C\C/C=C\C/C=C\C/C=C\C/C=C\C/C=C\CCCCCCCCC(=O)OC(COC(=O)CCCCCCCCCCCCCCC/C=C\CCCCCCCCCC)COC(OCC[N+](C)(C)C)C(=O)O. The molecule has 0 aromatic rings. The minimum absolute atomic E-state index is 0.179. The molecular formula is C78H132NO8+. The van der Waals surface area contributed by atoms with E-state index in [4.69, 9.17) is 18.9 Å². The van der Waals surface area contributed by atoms with Gasteiger partial charge in [-0.3, -0.25) is 9.59 Å². The normalized spacial score (nSPS) is 13.5. The first-order valence-corrected chi connectivity index (χ1v) is 35.3. The first kappa shape index (κ1) is 82.4. The van der Waals surface area contributed by atoms with Gasteiger partial charge in [-0.25, -0.2) is 4.79 Å². The zero-order chi connectivity index (χ0) is 63.3. The number of unbranched alkanes of at least 4 members (excludes halogenated alkanes) is 27. The molecule has 9 nitrogen and oxygen atoms in total. The lowest BCUT2D eigenvalue weighted by atomic mass is 10.0. The molecule has 2 unspecified atom stereocenters. The van der Waals surface area contributed by atoms with Crippen LogP contribution in [0.1, 0.15) is 284 Å². The zero-order valence-corrected chi connectivity index (χ0v) is 56.6. The second-order valence-electron chi connectivity index (χ2n) is 24.5. The van der Waals surface area contributed by atoms with Crippen molar-refractivity contribution in [1.82, 2.24) is 0 Å². The number of carboxylic acid groups (broad SMARTS) is 1. The molecule has 0 aromatic heterocycles. The minimum atomic E-state index is -1.52. The van der Waals surface area contributed by atoms with Gasteiger partial charge in [-0.05, 0) is 116 Å². The summed E-state index contributed by atoms with van der Waals surface area (Å²) >= 11 is 0. The topological polar surface area (TPSA) is 108 Å². The number of esters is 2. The van der Waals surface area contributed by atoms with Crippen LogP contribution in [0, 0.1) is 0 Å². The van der Waals surface area contributed by atoms with Crippen LogP contribution in [0.4, 0.5) is 0 Å². The van der Waals surface area contributed by atoms with Gasteiger partial charge in [0.05, 0.1) is 34.4 Å². The maximum absolute atomic E-state index is 12.9. The van der Waals surface area contributed by atoms with Crippen LogP contribution < -0.4 is 0 Å². The quantitative estimate of drug-likeness (QED) is 0.0211. The summed E-state index contributed by atoms with van der Waals surface area (Å²) in [4.78, 5) is 37.6. The Balaban J connectivity index is 4.21. The summed E-state index contributed by atoms with van der Waals surface area (Å²) in [5.74, 6) is -2.03. The van der Waals surface area contributed by atoms with Crippen molar-refractivity contribution in [1.29, 1.82) is 0 Å². The van der Waals surface area contributed by atoms with E-state index in [1.54, 1.807) is 0 Å². The van der Waals surface area contributed by atoms with Crippen LogP contribution in [0.3, 0.4) is 0 Å². The van der Waals surface area contributed by atoms with Gasteiger partial charge in [0.2, 0.25) is 0 Å².